The molecule has 0 saturated heterocycles. The lowest BCUT2D eigenvalue weighted by atomic mass is 10.1. The quantitative estimate of drug-likeness (QED) is 0.399. The molecule has 0 atom stereocenters. The Morgan fingerprint density at radius 3 is 2.35 bits per heavy atom. The maximum atomic E-state index is 12.2. The molecule has 0 radical (unpaired) electrons. The van der Waals surface area contributed by atoms with Gasteiger partial charge in [0.25, 0.3) is 0 Å². The topological polar surface area (TPSA) is 77.8 Å². The van der Waals surface area contributed by atoms with Crippen molar-refractivity contribution in [2.24, 2.45) is 0 Å². The summed E-state index contributed by atoms with van der Waals surface area (Å²) in [6.07, 6.45) is 4.77. The molecule has 0 amide bonds. The molecular formula is C21H22O4S. The molecule has 1 aliphatic rings. The highest BCUT2D eigenvalue weighted by atomic mass is 32.2. The average molecular weight is 370 g/mol. The number of carbonyl (C=O) groups excluding carboxylic acids is 1. The number of allylic oxidation sites excluding steroid dienone is 1. The fraction of sp³-hybridized carbons (Fsp3) is 0.286. The summed E-state index contributed by atoms with van der Waals surface area (Å²) in [5.74, 6) is -0.667. The van der Waals surface area contributed by atoms with Crippen LogP contribution in [0.4, 0.5) is 0 Å². The van der Waals surface area contributed by atoms with Crippen molar-refractivity contribution in [3.8, 4) is 11.5 Å². The Labute approximate surface area is 157 Å². The van der Waals surface area contributed by atoms with Crippen molar-refractivity contribution in [3.63, 3.8) is 0 Å². The Balaban J connectivity index is 1.67. The van der Waals surface area contributed by atoms with Crippen LogP contribution in [0.1, 0.15) is 42.6 Å². The van der Waals surface area contributed by atoms with Gasteiger partial charge in [0, 0.05) is 15.7 Å². The first-order chi connectivity index (χ1) is 12.2. The fourth-order valence-electron chi connectivity index (χ4n) is 2.75. The maximum Gasteiger partial charge on any atom is 0.189 e. The zero-order chi connectivity index (χ0) is 18.9. The van der Waals surface area contributed by atoms with Crippen LogP contribution in [0.3, 0.4) is 0 Å². The molecule has 2 aromatic carbocycles. The van der Waals surface area contributed by atoms with Gasteiger partial charge < -0.3 is 15.3 Å². The van der Waals surface area contributed by atoms with Crippen LogP contribution >= 0.6 is 11.8 Å². The highest BCUT2D eigenvalue weighted by Gasteiger charge is 2.53. The van der Waals surface area contributed by atoms with E-state index in [4.69, 9.17) is 0 Å². The van der Waals surface area contributed by atoms with E-state index < -0.39 is 5.60 Å². The van der Waals surface area contributed by atoms with Gasteiger partial charge in [-0.1, -0.05) is 18.2 Å². The number of carbonyl (C=O) groups is 1. The standard InChI is InChI=1S/C21H22O4S/c1-20(2,21(25)11-12-21)26-16-7-3-14(4-8-16)5-10-18(23)17-9-6-15(22)13-19(17)24/h3-10,13,22,24-25H,11-12H2,1-2H3/b10-5+. The molecular weight excluding hydrogens is 348 g/mol. The van der Waals surface area contributed by atoms with Crippen LogP contribution < -0.4 is 0 Å². The summed E-state index contributed by atoms with van der Waals surface area (Å²) in [6.45, 7) is 4.11. The van der Waals surface area contributed by atoms with Crippen molar-refractivity contribution in [1.29, 1.82) is 0 Å². The summed E-state index contributed by atoms with van der Waals surface area (Å²) in [4.78, 5) is 13.2. The highest BCUT2D eigenvalue weighted by molar-refractivity contribution is 8.00. The molecule has 1 aliphatic carbocycles. The predicted octanol–water partition coefficient (Wildman–Crippen LogP) is 4.39. The summed E-state index contributed by atoms with van der Waals surface area (Å²) in [5.41, 5.74) is 0.434. The predicted molar refractivity (Wildman–Crippen MR) is 104 cm³/mol. The molecule has 0 bridgehead atoms. The number of rotatable bonds is 6. The smallest absolute Gasteiger partial charge is 0.189 e. The normalized spacial score (nSPS) is 16.0. The fourth-order valence-corrected chi connectivity index (χ4v) is 4.00. The zero-order valence-corrected chi connectivity index (χ0v) is 15.6. The van der Waals surface area contributed by atoms with E-state index in [0.717, 1.165) is 29.4 Å². The van der Waals surface area contributed by atoms with Gasteiger partial charge in [0.05, 0.1) is 11.2 Å². The zero-order valence-electron chi connectivity index (χ0n) is 14.8. The lowest BCUT2D eigenvalue weighted by molar-refractivity contribution is 0.104. The number of benzene rings is 2. The lowest BCUT2D eigenvalue weighted by Gasteiger charge is -2.30. The van der Waals surface area contributed by atoms with Crippen molar-refractivity contribution >= 4 is 23.6 Å². The van der Waals surface area contributed by atoms with Gasteiger partial charge in [-0.25, -0.2) is 0 Å². The van der Waals surface area contributed by atoms with Gasteiger partial charge in [0.15, 0.2) is 5.78 Å². The number of phenolic OH excluding ortho intramolecular Hbond substituents is 2. The van der Waals surface area contributed by atoms with E-state index in [-0.39, 0.29) is 27.6 Å². The first kappa shape index (κ1) is 18.5. The van der Waals surface area contributed by atoms with Crippen LogP contribution in [0.5, 0.6) is 11.5 Å². The van der Waals surface area contributed by atoms with Crippen LogP contribution in [0.2, 0.25) is 0 Å². The Morgan fingerprint density at radius 2 is 1.77 bits per heavy atom. The molecule has 0 aliphatic heterocycles. The van der Waals surface area contributed by atoms with Gasteiger partial charge >= 0.3 is 0 Å². The van der Waals surface area contributed by atoms with Crippen molar-refractivity contribution < 1.29 is 20.1 Å². The second-order valence-corrected chi connectivity index (χ2v) is 8.81. The Bertz CT molecular complexity index is 849. The molecule has 0 unspecified atom stereocenters. The molecule has 4 nitrogen and oxygen atoms in total. The monoisotopic (exact) mass is 370 g/mol. The van der Waals surface area contributed by atoms with Crippen molar-refractivity contribution in [3.05, 3.63) is 59.7 Å². The first-order valence-electron chi connectivity index (χ1n) is 8.46. The SMILES string of the molecule is CC(C)(Sc1ccc(/C=C/C(=O)c2ccc(O)cc2O)cc1)C1(O)CC1. The number of aliphatic hydroxyl groups is 1. The molecule has 3 N–H and O–H groups in total. The molecule has 26 heavy (non-hydrogen) atoms. The van der Waals surface area contributed by atoms with Crippen molar-refractivity contribution in [2.45, 2.75) is 41.9 Å². The molecule has 1 fully saturated rings. The molecule has 0 heterocycles. The van der Waals surface area contributed by atoms with Gasteiger partial charge in [-0.2, -0.15) is 0 Å². The first-order valence-corrected chi connectivity index (χ1v) is 9.28. The van der Waals surface area contributed by atoms with Crippen molar-refractivity contribution in [1.82, 2.24) is 0 Å². The van der Waals surface area contributed by atoms with E-state index in [2.05, 4.69) is 13.8 Å². The van der Waals surface area contributed by atoms with Crippen LogP contribution in [-0.4, -0.2) is 31.5 Å². The molecule has 0 spiro atoms. The minimum atomic E-state index is -0.575. The van der Waals surface area contributed by atoms with E-state index in [1.54, 1.807) is 17.8 Å². The van der Waals surface area contributed by atoms with Gasteiger partial charge in [0.2, 0.25) is 0 Å². The summed E-state index contributed by atoms with van der Waals surface area (Å²) in [7, 11) is 0. The molecule has 136 valence electrons. The van der Waals surface area contributed by atoms with E-state index >= 15 is 0 Å². The largest absolute Gasteiger partial charge is 0.508 e. The summed E-state index contributed by atoms with van der Waals surface area (Å²) in [6, 6.07) is 11.7. The van der Waals surface area contributed by atoms with Gasteiger partial charge in [-0.15, -0.1) is 11.8 Å². The number of phenols is 2. The van der Waals surface area contributed by atoms with Gasteiger partial charge in [-0.3, -0.25) is 4.79 Å². The molecule has 1 saturated carbocycles. The third-order valence-corrected chi connectivity index (χ3v) is 6.17. The lowest BCUT2D eigenvalue weighted by Crippen LogP contribution is -2.34. The number of hydrogen-bond donors (Lipinski definition) is 3. The minimum absolute atomic E-state index is 0.0881. The van der Waals surface area contributed by atoms with Crippen LogP contribution in [0.15, 0.2) is 53.4 Å². The van der Waals surface area contributed by atoms with Crippen LogP contribution in [0, 0.1) is 0 Å². The molecule has 2 aromatic rings. The maximum absolute atomic E-state index is 12.2. The molecule has 5 heteroatoms. The second-order valence-electron chi connectivity index (χ2n) is 7.11. The van der Waals surface area contributed by atoms with E-state index in [1.807, 2.05) is 24.3 Å². The minimum Gasteiger partial charge on any atom is -0.508 e. The van der Waals surface area contributed by atoms with E-state index in [1.165, 1.54) is 18.2 Å². The Hall–Kier alpha value is -2.24. The Morgan fingerprint density at radius 1 is 1.12 bits per heavy atom. The number of hydrogen-bond acceptors (Lipinski definition) is 5. The summed E-state index contributed by atoms with van der Waals surface area (Å²) in [5, 5.41) is 29.4. The molecule has 3 rings (SSSR count). The van der Waals surface area contributed by atoms with E-state index in [0.29, 0.717) is 0 Å². The van der Waals surface area contributed by atoms with Crippen LogP contribution in [0.25, 0.3) is 6.08 Å². The van der Waals surface area contributed by atoms with Crippen molar-refractivity contribution in [2.75, 3.05) is 0 Å². The summed E-state index contributed by atoms with van der Waals surface area (Å²) >= 11 is 1.65. The number of aromatic hydroxyl groups is 2. The molecule has 0 aromatic heterocycles. The average Bonchev–Trinajstić information content (AvgIpc) is 3.33. The third kappa shape index (κ3) is 3.94. The summed E-state index contributed by atoms with van der Waals surface area (Å²) < 4.78 is -0.239. The van der Waals surface area contributed by atoms with Gasteiger partial charge in [-0.05, 0) is 62.6 Å². The second kappa shape index (κ2) is 6.82. The Kier molecular flexibility index (Phi) is 4.86. The van der Waals surface area contributed by atoms with Crippen LogP contribution in [-0.2, 0) is 0 Å². The van der Waals surface area contributed by atoms with E-state index in [9.17, 15) is 20.1 Å². The number of thioether (sulfide) groups is 1. The van der Waals surface area contributed by atoms with Gasteiger partial charge in [0.1, 0.15) is 11.5 Å². The number of ketones is 1. The highest BCUT2D eigenvalue weighted by Crippen LogP contribution is 2.53. The third-order valence-electron chi connectivity index (χ3n) is 4.77.